The van der Waals surface area contributed by atoms with Crippen molar-refractivity contribution in [3.63, 3.8) is 0 Å². The van der Waals surface area contributed by atoms with E-state index in [0.717, 1.165) is 21.6 Å². The van der Waals surface area contributed by atoms with E-state index < -0.39 is 12.0 Å². The molecular formula is C18H16ClN3O3S. The third-order valence-electron chi connectivity index (χ3n) is 4.63. The molecule has 0 spiro atoms. The third-order valence-corrected chi connectivity index (χ3v) is 6.05. The van der Waals surface area contributed by atoms with Gasteiger partial charge in [-0.2, -0.15) is 5.10 Å². The number of hydrogen-bond acceptors (Lipinski definition) is 4. The molecule has 1 amide bonds. The topological polar surface area (TPSA) is 75.4 Å². The van der Waals surface area contributed by atoms with Crippen molar-refractivity contribution in [2.45, 2.75) is 25.8 Å². The van der Waals surface area contributed by atoms with E-state index in [1.807, 2.05) is 25.1 Å². The van der Waals surface area contributed by atoms with E-state index in [4.69, 9.17) is 11.6 Å². The van der Waals surface area contributed by atoms with Crippen LogP contribution in [0.2, 0.25) is 5.02 Å². The Balaban J connectivity index is 1.77. The van der Waals surface area contributed by atoms with Gasteiger partial charge in [0.25, 0.3) is 5.91 Å². The second kappa shape index (κ2) is 6.41. The van der Waals surface area contributed by atoms with Crippen molar-refractivity contribution in [3.8, 4) is 5.69 Å². The Hall–Kier alpha value is -2.38. The van der Waals surface area contributed by atoms with Gasteiger partial charge in [-0.3, -0.25) is 4.79 Å². The summed E-state index contributed by atoms with van der Waals surface area (Å²) in [7, 11) is 0. The zero-order valence-corrected chi connectivity index (χ0v) is 15.5. The van der Waals surface area contributed by atoms with Gasteiger partial charge >= 0.3 is 5.97 Å². The number of benzene rings is 1. The number of carboxylic acid groups (broad SMARTS) is 1. The molecule has 0 bridgehead atoms. The first-order valence-electron chi connectivity index (χ1n) is 8.25. The molecule has 0 saturated carbocycles. The summed E-state index contributed by atoms with van der Waals surface area (Å²) in [6.07, 6.45) is 1.21. The largest absolute Gasteiger partial charge is 0.480 e. The Morgan fingerprint density at radius 2 is 2.12 bits per heavy atom. The molecule has 134 valence electrons. The first-order chi connectivity index (χ1) is 12.5. The maximum atomic E-state index is 12.9. The van der Waals surface area contributed by atoms with Crippen molar-refractivity contribution in [1.82, 2.24) is 14.7 Å². The van der Waals surface area contributed by atoms with E-state index in [1.54, 1.807) is 16.8 Å². The summed E-state index contributed by atoms with van der Waals surface area (Å²) in [6, 6.07) is 8.45. The predicted molar refractivity (Wildman–Crippen MR) is 100 cm³/mol. The van der Waals surface area contributed by atoms with E-state index in [2.05, 4.69) is 5.10 Å². The van der Waals surface area contributed by atoms with Crippen LogP contribution in [-0.4, -0.2) is 44.3 Å². The third kappa shape index (κ3) is 2.68. The van der Waals surface area contributed by atoms with Gasteiger partial charge in [0.2, 0.25) is 0 Å². The van der Waals surface area contributed by atoms with Crippen LogP contribution in [0.4, 0.5) is 0 Å². The molecule has 1 aliphatic heterocycles. The highest BCUT2D eigenvalue weighted by molar-refractivity contribution is 7.20. The maximum Gasteiger partial charge on any atom is 0.326 e. The van der Waals surface area contributed by atoms with Crippen molar-refractivity contribution in [3.05, 3.63) is 45.9 Å². The minimum Gasteiger partial charge on any atom is -0.480 e. The fourth-order valence-electron chi connectivity index (χ4n) is 3.35. The first kappa shape index (κ1) is 17.1. The molecule has 0 aliphatic carbocycles. The van der Waals surface area contributed by atoms with Gasteiger partial charge in [0, 0.05) is 11.9 Å². The second-order valence-corrected chi connectivity index (χ2v) is 7.71. The fourth-order valence-corrected chi connectivity index (χ4v) is 4.70. The van der Waals surface area contributed by atoms with Crippen LogP contribution in [0.5, 0.6) is 0 Å². The van der Waals surface area contributed by atoms with Crippen LogP contribution in [0.3, 0.4) is 0 Å². The quantitative estimate of drug-likeness (QED) is 0.740. The molecular weight excluding hydrogens is 374 g/mol. The number of aliphatic carboxylic acids is 1. The molecule has 0 unspecified atom stereocenters. The zero-order valence-electron chi connectivity index (χ0n) is 14.0. The fraction of sp³-hybridized carbons (Fsp3) is 0.278. The number of hydrogen-bond donors (Lipinski definition) is 1. The van der Waals surface area contributed by atoms with Crippen LogP contribution in [0.25, 0.3) is 15.9 Å². The minimum absolute atomic E-state index is 0.235. The summed E-state index contributed by atoms with van der Waals surface area (Å²) in [5.74, 6) is -1.18. The number of aryl methyl sites for hydroxylation is 1. The maximum absolute atomic E-state index is 12.9. The van der Waals surface area contributed by atoms with Crippen LogP contribution < -0.4 is 0 Å². The number of rotatable bonds is 3. The van der Waals surface area contributed by atoms with Crippen molar-refractivity contribution >= 4 is 45.0 Å². The summed E-state index contributed by atoms with van der Waals surface area (Å²) in [6.45, 7) is 2.35. The van der Waals surface area contributed by atoms with Crippen molar-refractivity contribution < 1.29 is 14.7 Å². The molecule has 26 heavy (non-hydrogen) atoms. The number of carbonyl (C=O) groups is 2. The number of halogens is 1. The van der Waals surface area contributed by atoms with Gasteiger partial charge in [-0.25, -0.2) is 9.48 Å². The normalized spacial score (nSPS) is 17.2. The smallest absolute Gasteiger partial charge is 0.326 e. The number of nitrogens with zero attached hydrogens (tertiary/aromatic N) is 3. The number of carboxylic acids is 1. The molecule has 0 radical (unpaired) electrons. The molecule has 3 aromatic rings. The molecule has 6 nitrogen and oxygen atoms in total. The van der Waals surface area contributed by atoms with Crippen LogP contribution in [-0.2, 0) is 4.79 Å². The van der Waals surface area contributed by atoms with Gasteiger partial charge in [0.15, 0.2) is 0 Å². The average molecular weight is 390 g/mol. The van der Waals surface area contributed by atoms with Gasteiger partial charge < -0.3 is 10.0 Å². The van der Waals surface area contributed by atoms with E-state index in [1.165, 1.54) is 16.2 Å². The SMILES string of the molecule is Cc1nn(-c2ccccc2Cl)c2sc(C(=O)N3CCC[C@H]3C(=O)O)cc12. The van der Waals surface area contributed by atoms with E-state index >= 15 is 0 Å². The highest BCUT2D eigenvalue weighted by Gasteiger charge is 2.35. The molecule has 1 atom stereocenters. The number of para-hydroxylation sites is 1. The number of amides is 1. The van der Waals surface area contributed by atoms with Crippen molar-refractivity contribution in [1.29, 1.82) is 0 Å². The standard InChI is InChI=1S/C18H16ClN3O3S/c1-10-11-9-15(16(23)21-8-4-7-14(21)18(24)25)26-17(11)22(20-10)13-6-3-2-5-12(13)19/h2-3,5-6,9,14H,4,7-8H2,1H3,(H,24,25)/t14-/m0/s1. The van der Waals surface area contributed by atoms with Crippen LogP contribution in [0.1, 0.15) is 28.2 Å². The van der Waals surface area contributed by atoms with Crippen LogP contribution in [0.15, 0.2) is 30.3 Å². The minimum atomic E-state index is -0.949. The van der Waals surface area contributed by atoms with Gasteiger partial charge in [-0.15, -0.1) is 11.3 Å². The summed E-state index contributed by atoms with van der Waals surface area (Å²) in [4.78, 5) is 27.1. The summed E-state index contributed by atoms with van der Waals surface area (Å²) >= 11 is 7.61. The number of thiophene rings is 1. The van der Waals surface area contributed by atoms with E-state index in [9.17, 15) is 14.7 Å². The highest BCUT2D eigenvalue weighted by atomic mass is 35.5. The van der Waals surface area contributed by atoms with E-state index in [-0.39, 0.29) is 5.91 Å². The molecule has 1 fully saturated rings. The lowest BCUT2D eigenvalue weighted by molar-refractivity contribution is -0.141. The molecule has 1 aromatic carbocycles. The monoisotopic (exact) mass is 389 g/mol. The lowest BCUT2D eigenvalue weighted by Crippen LogP contribution is -2.40. The summed E-state index contributed by atoms with van der Waals surface area (Å²) < 4.78 is 1.74. The molecule has 8 heteroatoms. The van der Waals surface area contributed by atoms with Crippen molar-refractivity contribution in [2.24, 2.45) is 0 Å². The molecule has 1 aliphatic rings. The first-order valence-corrected chi connectivity index (χ1v) is 9.44. The van der Waals surface area contributed by atoms with Crippen LogP contribution >= 0.6 is 22.9 Å². The predicted octanol–water partition coefficient (Wildman–Crippen LogP) is 3.74. The van der Waals surface area contributed by atoms with Gasteiger partial charge in [-0.05, 0) is 38.0 Å². The van der Waals surface area contributed by atoms with E-state index in [0.29, 0.717) is 29.3 Å². The number of fused-ring (bicyclic) bond motifs is 1. The Labute approximate surface area is 158 Å². The molecule has 1 saturated heterocycles. The Kier molecular flexibility index (Phi) is 4.20. The lowest BCUT2D eigenvalue weighted by Gasteiger charge is -2.20. The molecule has 3 heterocycles. The second-order valence-electron chi connectivity index (χ2n) is 6.27. The van der Waals surface area contributed by atoms with Gasteiger partial charge in [0.1, 0.15) is 10.9 Å². The highest BCUT2D eigenvalue weighted by Crippen LogP contribution is 2.34. The van der Waals surface area contributed by atoms with Gasteiger partial charge in [-0.1, -0.05) is 23.7 Å². The van der Waals surface area contributed by atoms with Crippen LogP contribution in [0, 0.1) is 6.92 Å². The van der Waals surface area contributed by atoms with Crippen molar-refractivity contribution in [2.75, 3.05) is 6.54 Å². The lowest BCUT2D eigenvalue weighted by atomic mass is 10.2. The summed E-state index contributed by atoms with van der Waals surface area (Å²) in [5.41, 5.74) is 1.55. The number of likely N-dealkylation sites (tertiary alicyclic amines) is 1. The Morgan fingerprint density at radius 3 is 2.85 bits per heavy atom. The number of carbonyl (C=O) groups excluding carboxylic acids is 1. The zero-order chi connectivity index (χ0) is 18.4. The van der Waals surface area contributed by atoms with Gasteiger partial charge in [0.05, 0.1) is 21.3 Å². The Bertz CT molecular complexity index is 1030. The molecule has 1 N–H and O–H groups in total. The molecule has 2 aromatic heterocycles. The molecule has 4 rings (SSSR count). The average Bonchev–Trinajstić information content (AvgIpc) is 3.31. The summed E-state index contributed by atoms with van der Waals surface area (Å²) in [5, 5.41) is 15.3. The Morgan fingerprint density at radius 1 is 1.35 bits per heavy atom. The number of aromatic nitrogens is 2.